The Labute approximate surface area is 94.7 Å². The molecule has 86 valence electrons. The first kappa shape index (κ1) is 11.0. The predicted molar refractivity (Wildman–Crippen MR) is 62.5 cm³/mol. The van der Waals surface area contributed by atoms with Crippen LogP contribution in [0.5, 0.6) is 0 Å². The minimum atomic E-state index is -0.992. The van der Waals surface area contributed by atoms with Crippen LogP contribution in [0.4, 0.5) is 5.69 Å². The van der Waals surface area contributed by atoms with Gasteiger partial charge >= 0.3 is 5.97 Å². The van der Waals surface area contributed by atoms with Crippen LogP contribution in [0, 0.1) is 0 Å². The maximum Gasteiger partial charge on any atom is 0.325 e. The van der Waals surface area contributed by atoms with Crippen LogP contribution in [0.25, 0.3) is 0 Å². The summed E-state index contributed by atoms with van der Waals surface area (Å²) in [5.74, 6) is -0.992. The molecule has 0 unspecified atom stereocenters. The van der Waals surface area contributed by atoms with E-state index in [-0.39, 0.29) is 0 Å². The molecule has 1 aromatic rings. The lowest BCUT2D eigenvalue weighted by Gasteiger charge is -2.18. The minimum absolute atomic E-state index is 0.649. The van der Waals surface area contributed by atoms with Gasteiger partial charge in [0.1, 0.15) is 6.04 Å². The van der Waals surface area contributed by atoms with Crippen molar-refractivity contribution in [2.24, 2.45) is 5.73 Å². The Bertz CT molecular complexity index is 369. The Morgan fingerprint density at radius 2 is 1.81 bits per heavy atom. The molecule has 0 saturated carbocycles. The number of carbonyl (C=O) groups is 1. The lowest BCUT2D eigenvalue weighted by Crippen LogP contribution is -2.21. The third kappa shape index (κ3) is 2.17. The van der Waals surface area contributed by atoms with E-state index in [9.17, 15) is 4.79 Å². The highest BCUT2D eigenvalue weighted by Crippen LogP contribution is 2.22. The average Bonchev–Trinajstić information content (AvgIpc) is 2.81. The summed E-state index contributed by atoms with van der Waals surface area (Å²) in [6, 6.07) is 6.57. The zero-order chi connectivity index (χ0) is 11.5. The fourth-order valence-electron chi connectivity index (χ4n) is 2.01. The molecule has 4 heteroatoms. The third-order valence-corrected chi connectivity index (χ3v) is 2.99. The van der Waals surface area contributed by atoms with Crippen molar-refractivity contribution in [3.63, 3.8) is 0 Å². The molecule has 3 N–H and O–H groups in total. The molecule has 2 rings (SSSR count). The second-order valence-corrected chi connectivity index (χ2v) is 4.10. The molecular weight excluding hydrogens is 204 g/mol. The van der Waals surface area contributed by atoms with Gasteiger partial charge in [-0.25, -0.2) is 0 Å². The Morgan fingerprint density at radius 1 is 1.25 bits per heavy atom. The lowest BCUT2D eigenvalue weighted by atomic mass is 10.1. The molecule has 4 nitrogen and oxygen atoms in total. The molecule has 1 aromatic carbocycles. The molecule has 0 aromatic heterocycles. The number of hydrogen-bond acceptors (Lipinski definition) is 3. The number of hydrogen-bond donors (Lipinski definition) is 2. The third-order valence-electron chi connectivity index (χ3n) is 2.99. The molecular formula is C12H16N2O2. The largest absolute Gasteiger partial charge is 0.480 e. The highest BCUT2D eigenvalue weighted by Gasteiger charge is 2.15. The van der Waals surface area contributed by atoms with Gasteiger partial charge in [-0.2, -0.15) is 0 Å². The summed E-state index contributed by atoms with van der Waals surface area (Å²) in [7, 11) is 0. The van der Waals surface area contributed by atoms with E-state index in [1.165, 1.54) is 12.8 Å². The Morgan fingerprint density at radius 3 is 2.31 bits per heavy atom. The first-order valence-corrected chi connectivity index (χ1v) is 5.52. The number of rotatable bonds is 3. The van der Waals surface area contributed by atoms with E-state index < -0.39 is 12.0 Å². The number of carboxylic acid groups (broad SMARTS) is 1. The second kappa shape index (κ2) is 4.53. The highest BCUT2D eigenvalue weighted by atomic mass is 16.4. The van der Waals surface area contributed by atoms with Crippen molar-refractivity contribution in [2.75, 3.05) is 18.0 Å². The number of carboxylic acids is 1. The Balaban J connectivity index is 2.12. The number of aliphatic carboxylic acids is 1. The maximum absolute atomic E-state index is 10.7. The molecule has 0 spiro atoms. The fraction of sp³-hybridized carbons (Fsp3) is 0.417. The smallest absolute Gasteiger partial charge is 0.325 e. The van der Waals surface area contributed by atoms with E-state index in [4.69, 9.17) is 10.8 Å². The topological polar surface area (TPSA) is 66.6 Å². The molecule has 0 bridgehead atoms. The molecule has 0 aliphatic carbocycles. The SMILES string of the molecule is N[C@@H](C(=O)O)c1ccc(N2CCCC2)cc1. The normalized spacial score (nSPS) is 17.4. The first-order valence-electron chi connectivity index (χ1n) is 5.52. The number of benzene rings is 1. The standard InChI is InChI=1S/C12H16N2O2/c13-11(12(15)16)9-3-5-10(6-4-9)14-7-1-2-8-14/h3-6,11H,1-2,7-8,13H2,(H,15,16)/t11-/m1/s1. The van der Waals surface area contributed by atoms with Crippen molar-refractivity contribution in [3.05, 3.63) is 29.8 Å². The van der Waals surface area contributed by atoms with Crippen LogP contribution in [0.1, 0.15) is 24.4 Å². The number of nitrogens with zero attached hydrogens (tertiary/aromatic N) is 1. The van der Waals surface area contributed by atoms with E-state index in [1.807, 2.05) is 12.1 Å². The minimum Gasteiger partial charge on any atom is -0.480 e. The van der Waals surface area contributed by atoms with E-state index >= 15 is 0 Å². The van der Waals surface area contributed by atoms with E-state index in [0.29, 0.717) is 5.56 Å². The molecule has 1 saturated heterocycles. The number of nitrogens with two attached hydrogens (primary N) is 1. The molecule has 1 heterocycles. The van der Waals surface area contributed by atoms with Crippen LogP contribution in [0.3, 0.4) is 0 Å². The van der Waals surface area contributed by atoms with E-state index in [1.54, 1.807) is 12.1 Å². The summed E-state index contributed by atoms with van der Waals surface area (Å²) in [4.78, 5) is 13.0. The summed E-state index contributed by atoms with van der Waals surface area (Å²) in [6.07, 6.45) is 2.47. The summed E-state index contributed by atoms with van der Waals surface area (Å²) < 4.78 is 0. The van der Waals surface area contributed by atoms with Gasteiger partial charge < -0.3 is 15.7 Å². The average molecular weight is 220 g/mol. The molecule has 1 fully saturated rings. The van der Waals surface area contributed by atoms with Crippen LogP contribution in [0.15, 0.2) is 24.3 Å². The first-order chi connectivity index (χ1) is 7.68. The van der Waals surface area contributed by atoms with Crippen molar-refractivity contribution in [1.82, 2.24) is 0 Å². The molecule has 0 amide bonds. The van der Waals surface area contributed by atoms with Crippen molar-refractivity contribution in [1.29, 1.82) is 0 Å². The predicted octanol–water partition coefficient (Wildman–Crippen LogP) is 1.37. The van der Waals surface area contributed by atoms with Gasteiger partial charge in [-0.1, -0.05) is 12.1 Å². The zero-order valence-electron chi connectivity index (χ0n) is 9.10. The summed E-state index contributed by atoms with van der Waals surface area (Å²) in [5.41, 5.74) is 7.33. The van der Waals surface area contributed by atoms with E-state index in [2.05, 4.69) is 4.90 Å². The van der Waals surface area contributed by atoms with Crippen LogP contribution in [-0.2, 0) is 4.79 Å². The van der Waals surface area contributed by atoms with Crippen molar-refractivity contribution >= 4 is 11.7 Å². The quantitative estimate of drug-likeness (QED) is 0.807. The Hall–Kier alpha value is -1.55. The molecule has 0 radical (unpaired) electrons. The van der Waals surface area contributed by atoms with Crippen LogP contribution < -0.4 is 10.6 Å². The van der Waals surface area contributed by atoms with Gasteiger partial charge in [0.2, 0.25) is 0 Å². The van der Waals surface area contributed by atoms with Gasteiger partial charge in [-0.05, 0) is 30.5 Å². The van der Waals surface area contributed by atoms with Crippen LogP contribution in [-0.4, -0.2) is 24.2 Å². The van der Waals surface area contributed by atoms with Gasteiger partial charge in [0.15, 0.2) is 0 Å². The number of anilines is 1. The van der Waals surface area contributed by atoms with Crippen LogP contribution in [0.2, 0.25) is 0 Å². The lowest BCUT2D eigenvalue weighted by molar-refractivity contribution is -0.138. The summed E-state index contributed by atoms with van der Waals surface area (Å²) in [6.45, 7) is 2.18. The second-order valence-electron chi connectivity index (χ2n) is 4.10. The van der Waals surface area contributed by atoms with Crippen molar-refractivity contribution < 1.29 is 9.90 Å². The van der Waals surface area contributed by atoms with Gasteiger partial charge in [0, 0.05) is 18.8 Å². The van der Waals surface area contributed by atoms with Gasteiger partial charge in [-0.15, -0.1) is 0 Å². The maximum atomic E-state index is 10.7. The van der Waals surface area contributed by atoms with Crippen molar-refractivity contribution in [2.45, 2.75) is 18.9 Å². The fourth-order valence-corrected chi connectivity index (χ4v) is 2.01. The van der Waals surface area contributed by atoms with Gasteiger partial charge in [0.25, 0.3) is 0 Å². The summed E-state index contributed by atoms with van der Waals surface area (Å²) in [5, 5.41) is 8.78. The van der Waals surface area contributed by atoms with Crippen molar-refractivity contribution in [3.8, 4) is 0 Å². The van der Waals surface area contributed by atoms with Gasteiger partial charge in [0.05, 0.1) is 0 Å². The molecule has 1 aliphatic heterocycles. The summed E-state index contributed by atoms with van der Waals surface area (Å²) >= 11 is 0. The van der Waals surface area contributed by atoms with Crippen LogP contribution >= 0.6 is 0 Å². The monoisotopic (exact) mass is 220 g/mol. The zero-order valence-corrected chi connectivity index (χ0v) is 9.10. The highest BCUT2D eigenvalue weighted by molar-refractivity contribution is 5.75. The Kier molecular flexibility index (Phi) is 3.10. The molecule has 1 atom stereocenters. The molecule has 1 aliphatic rings. The molecule has 16 heavy (non-hydrogen) atoms. The van der Waals surface area contributed by atoms with Gasteiger partial charge in [-0.3, -0.25) is 4.79 Å². The van der Waals surface area contributed by atoms with E-state index in [0.717, 1.165) is 18.8 Å².